The Hall–Kier alpha value is -2.67. The van der Waals surface area contributed by atoms with Crippen LogP contribution in [0, 0.1) is 0 Å². The Morgan fingerprint density at radius 2 is 1.45 bits per heavy atom. The van der Waals surface area contributed by atoms with E-state index in [-0.39, 0.29) is 35.6 Å². The molecule has 0 radical (unpaired) electrons. The van der Waals surface area contributed by atoms with Crippen LogP contribution in [0.2, 0.25) is 5.02 Å². The second-order valence-electron chi connectivity index (χ2n) is 14.5. The summed E-state index contributed by atoms with van der Waals surface area (Å²) < 4.78 is 1.47. The maximum Gasteiger partial charge on any atom is -1.00 e. The van der Waals surface area contributed by atoms with Crippen molar-refractivity contribution in [3.8, 4) is 11.1 Å². The fraction of sp³-hybridized carbons (Fsp3) is 0.209. The molecule has 0 saturated carbocycles. The zero-order valence-corrected chi connectivity index (χ0v) is 32.5. The summed E-state index contributed by atoms with van der Waals surface area (Å²) in [5.74, 6) is 0. The first-order chi connectivity index (χ1) is 21.4. The van der Waals surface area contributed by atoms with Gasteiger partial charge < -0.3 is 24.8 Å². The predicted octanol–water partition coefficient (Wildman–Crippen LogP) is 4.37. The number of hydrogen-bond acceptors (Lipinski definition) is 0. The van der Waals surface area contributed by atoms with E-state index in [4.69, 9.17) is 11.6 Å². The van der Waals surface area contributed by atoms with Crippen LogP contribution in [0.5, 0.6) is 0 Å². The SMILES string of the molecule is CC(C)(C)c1ccc2c(c1)[C]([Zr+2])=c1c-2cc(=C(c2cccc(Cl)c2)c2cccc3ccccc23)c(C(C)(C)C)c1C1=CC=CC1.[Cl-].[Cl-]. The summed E-state index contributed by atoms with van der Waals surface area (Å²) >= 11 is 8.20. The molecule has 0 spiro atoms. The summed E-state index contributed by atoms with van der Waals surface area (Å²) in [5.41, 5.74) is 13.3. The van der Waals surface area contributed by atoms with E-state index in [1.807, 2.05) is 6.07 Å². The third-order valence-corrected chi connectivity index (χ3v) is 10.8. The van der Waals surface area contributed by atoms with Gasteiger partial charge in [-0.1, -0.05) is 0 Å². The van der Waals surface area contributed by atoms with Gasteiger partial charge in [0.15, 0.2) is 0 Å². The van der Waals surface area contributed by atoms with Crippen molar-refractivity contribution in [2.45, 2.75) is 58.8 Å². The molecule has 0 amide bonds. The molecule has 2 aliphatic rings. The standard InChI is InChI=1S/C43H38Cl.2ClH.Zr/c1-42(2,3)31-21-22-34-30(23-31)25-37-36(34)26-38(41(43(4,5)6)40(37)28-14-7-8-15-28)39(29-17-11-18-32(44)24-29)35-20-12-16-27-13-9-10-19-33(27)35;;;/h7-14,16-24,26H,15H2,1-6H3;2*1H;/q;;;+2/p-2. The molecule has 5 aromatic rings. The van der Waals surface area contributed by atoms with Crippen molar-refractivity contribution in [3.05, 3.63) is 158 Å². The number of benzene rings is 5. The van der Waals surface area contributed by atoms with Crippen LogP contribution < -0.4 is 35.3 Å². The molecule has 0 aromatic heterocycles. The van der Waals surface area contributed by atoms with Crippen LogP contribution in [0.25, 0.3) is 36.3 Å². The van der Waals surface area contributed by atoms with Crippen molar-refractivity contribution in [3.63, 3.8) is 0 Å². The van der Waals surface area contributed by atoms with Gasteiger partial charge in [0.1, 0.15) is 0 Å². The summed E-state index contributed by atoms with van der Waals surface area (Å²) in [6.07, 6.45) is 7.83. The first-order valence-electron chi connectivity index (χ1n) is 15.9. The van der Waals surface area contributed by atoms with E-state index in [9.17, 15) is 0 Å². The molecule has 5 aromatic carbocycles. The molecule has 7 rings (SSSR count). The van der Waals surface area contributed by atoms with Crippen LogP contribution in [0.3, 0.4) is 0 Å². The maximum atomic E-state index is 6.75. The smallest absolute Gasteiger partial charge is 1.00 e. The van der Waals surface area contributed by atoms with Crippen LogP contribution in [-0.4, -0.2) is 0 Å². The average Bonchev–Trinajstić information content (AvgIpc) is 3.63. The van der Waals surface area contributed by atoms with E-state index >= 15 is 0 Å². The van der Waals surface area contributed by atoms with Crippen LogP contribution in [0.4, 0.5) is 0 Å². The van der Waals surface area contributed by atoms with Crippen LogP contribution in [-0.2, 0) is 35.5 Å². The van der Waals surface area contributed by atoms with Gasteiger partial charge in [-0.2, -0.15) is 0 Å². The molecule has 0 atom stereocenters. The maximum absolute atomic E-state index is 6.75. The van der Waals surface area contributed by atoms with Crippen molar-refractivity contribution < 1.29 is 49.5 Å². The second kappa shape index (κ2) is 13.3. The number of allylic oxidation sites excluding steroid dienone is 4. The van der Waals surface area contributed by atoms with E-state index in [1.165, 1.54) is 99.3 Å². The normalized spacial score (nSPS) is 14.3. The summed E-state index contributed by atoms with van der Waals surface area (Å²) in [6.45, 7) is 14.1. The fourth-order valence-corrected chi connectivity index (χ4v) is 8.55. The van der Waals surface area contributed by atoms with Crippen molar-refractivity contribution in [2.75, 3.05) is 0 Å². The van der Waals surface area contributed by atoms with Gasteiger partial charge in [-0.15, -0.1) is 0 Å². The Morgan fingerprint density at radius 1 is 0.723 bits per heavy atom. The van der Waals surface area contributed by atoms with Gasteiger partial charge in [-0.05, 0) is 0 Å². The summed E-state index contributed by atoms with van der Waals surface area (Å²) in [5, 5.41) is 5.96. The number of halogens is 3. The molecule has 0 nitrogen and oxygen atoms in total. The third-order valence-electron chi connectivity index (χ3n) is 9.31. The first kappa shape index (κ1) is 35.6. The van der Waals surface area contributed by atoms with E-state index in [0.29, 0.717) is 0 Å². The molecule has 0 aliphatic heterocycles. The average molecular weight is 752 g/mol. The number of rotatable bonds is 3. The Balaban J connectivity index is 0.00000217. The largest absolute Gasteiger partial charge is 1.00 e. The predicted molar refractivity (Wildman–Crippen MR) is 190 cm³/mol. The molecule has 47 heavy (non-hydrogen) atoms. The van der Waals surface area contributed by atoms with Gasteiger partial charge in [0.2, 0.25) is 0 Å². The van der Waals surface area contributed by atoms with Crippen molar-refractivity contribution in [2.24, 2.45) is 0 Å². The molecule has 2 aliphatic carbocycles. The summed E-state index contributed by atoms with van der Waals surface area (Å²) in [6, 6.07) is 33.6. The van der Waals surface area contributed by atoms with Gasteiger partial charge in [-0.25, -0.2) is 0 Å². The minimum atomic E-state index is -0.126. The fourth-order valence-electron chi connectivity index (χ4n) is 7.22. The minimum Gasteiger partial charge on any atom is -1.00 e. The Bertz CT molecular complexity index is 2220. The molecule has 4 heteroatoms. The van der Waals surface area contributed by atoms with E-state index in [2.05, 4.69) is 145 Å². The van der Waals surface area contributed by atoms with Gasteiger partial charge in [0, 0.05) is 0 Å². The minimum absolute atomic E-state index is 0. The van der Waals surface area contributed by atoms with Crippen molar-refractivity contribution in [1.29, 1.82) is 0 Å². The molecular formula is C43H38Cl3Zr. The second-order valence-corrected chi connectivity index (χ2v) is 16.1. The summed E-state index contributed by atoms with van der Waals surface area (Å²) in [4.78, 5) is 0. The Morgan fingerprint density at radius 3 is 2.13 bits per heavy atom. The monoisotopic (exact) mass is 749 g/mol. The molecule has 235 valence electrons. The zero-order valence-electron chi connectivity index (χ0n) is 27.7. The van der Waals surface area contributed by atoms with Crippen molar-refractivity contribution >= 4 is 36.8 Å². The number of fused-ring (bicyclic) bond motifs is 4. The van der Waals surface area contributed by atoms with Gasteiger partial charge >= 0.3 is 290 Å². The molecular weight excluding hydrogens is 714 g/mol. The molecule has 0 heterocycles. The van der Waals surface area contributed by atoms with E-state index < -0.39 is 0 Å². The van der Waals surface area contributed by atoms with Crippen LogP contribution in [0.15, 0.2) is 109 Å². The van der Waals surface area contributed by atoms with Crippen LogP contribution in [0.1, 0.15) is 81.3 Å². The zero-order chi connectivity index (χ0) is 31.7. The topological polar surface area (TPSA) is 0 Å². The quantitative estimate of drug-likeness (QED) is 0.257. The molecule has 0 fully saturated rings. The first-order valence-corrected chi connectivity index (χ1v) is 17.5. The van der Waals surface area contributed by atoms with Gasteiger partial charge in [-0.3, -0.25) is 0 Å². The number of hydrogen-bond donors (Lipinski definition) is 0. The van der Waals surface area contributed by atoms with Gasteiger partial charge in [0.05, 0.1) is 0 Å². The third kappa shape index (κ3) is 6.31. The van der Waals surface area contributed by atoms with E-state index in [0.717, 1.165) is 17.0 Å². The van der Waals surface area contributed by atoms with E-state index in [1.54, 1.807) is 0 Å². The molecule has 0 unspecified atom stereocenters. The van der Waals surface area contributed by atoms with Gasteiger partial charge in [0.25, 0.3) is 0 Å². The molecule has 0 bridgehead atoms. The summed E-state index contributed by atoms with van der Waals surface area (Å²) in [7, 11) is 0. The molecule has 0 N–H and O–H groups in total. The van der Waals surface area contributed by atoms with Crippen molar-refractivity contribution in [1.82, 2.24) is 0 Å². The van der Waals surface area contributed by atoms with Crippen LogP contribution >= 0.6 is 11.6 Å². The molecule has 0 saturated heterocycles. The Kier molecular flexibility index (Phi) is 10.1. The Labute approximate surface area is 312 Å².